The zero-order valence-electron chi connectivity index (χ0n) is 6.72. The van der Waals surface area contributed by atoms with Crippen molar-refractivity contribution in [1.82, 2.24) is 0 Å². The average Bonchev–Trinajstić information content (AvgIpc) is 1.86. The Kier molecular flexibility index (Phi) is 5.30. The van der Waals surface area contributed by atoms with E-state index in [0.29, 0.717) is 5.92 Å². The van der Waals surface area contributed by atoms with Gasteiger partial charge in [-0.3, -0.25) is 4.99 Å². The van der Waals surface area contributed by atoms with Gasteiger partial charge in [0.15, 0.2) is 0 Å². The second-order valence-corrected chi connectivity index (χ2v) is 3.39. The highest BCUT2D eigenvalue weighted by molar-refractivity contribution is 8.24. The standard InChI is InChI=1S/C7H14N2S/c1-6(2)4-7(9-3)10-5-8/h5-6,8H,4H2,1-3H3. The maximum atomic E-state index is 6.84. The first kappa shape index (κ1) is 9.69. The van der Waals surface area contributed by atoms with E-state index in [1.54, 1.807) is 7.05 Å². The van der Waals surface area contributed by atoms with Crippen molar-refractivity contribution in [2.75, 3.05) is 7.05 Å². The summed E-state index contributed by atoms with van der Waals surface area (Å²) in [6.07, 6.45) is 0.983. The summed E-state index contributed by atoms with van der Waals surface area (Å²) in [5.74, 6) is 0.631. The van der Waals surface area contributed by atoms with Gasteiger partial charge in [-0.1, -0.05) is 25.6 Å². The van der Waals surface area contributed by atoms with Crippen LogP contribution in [0.3, 0.4) is 0 Å². The molecule has 0 aromatic rings. The number of thioether (sulfide) groups is 1. The minimum atomic E-state index is 0.631. The number of hydrogen-bond donors (Lipinski definition) is 1. The van der Waals surface area contributed by atoms with Gasteiger partial charge in [0.1, 0.15) is 0 Å². The average molecular weight is 158 g/mol. The quantitative estimate of drug-likeness (QED) is 0.497. The fourth-order valence-electron chi connectivity index (χ4n) is 0.609. The van der Waals surface area contributed by atoms with Crippen molar-refractivity contribution in [3.05, 3.63) is 0 Å². The lowest BCUT2D eigenvalue weighted by molar-refractivity contribution is 0.688. The Balaban J connectivity index is 3.73. The van der Waals surface area contributed by atoms with Crippen molar-refractivity contribution in [1.29, 1.82) is 5.41 Å². The summed E-state index contributed by atoms with van der Waals surface area (Å²) in [5, 5.41) is 7.88. The van der Waals surface area contributed by atoms with Gasteiger partial charge in [0, 0.05) is 7.05 Å². The molecule has 0 aliphatic heterocycles. The van der Waals surface area contributed by atoms with E-state index in [4.69, 9.17) is 5.41 Å². The van der Waals surface area contributed by atoms with Crippen LogP contribution in [0.1, 0.15) is 20.3 Å². The van der Waals surface area contributed by atoms with E-state index in [9.17, 15) is 0 Å². The predicted molar refractivity (Wildman–Crippen MR) is 49.2 cm³/mol. The molecule has 0 aromatic carbocycles. The monoisotopic (exact) mass is 158 g/mol. The van der Waals surface area contributed by atoms with Crippen molar-refractivity contribution in [2.24, 2.45) is 10.9 Å². The predicted octanol–water partition coefficient (Wildman–Crippen LogP) is 2.40. The molecule has 0 saturated carbocycles. The maximum absolute atomic E-state index is 6.84. The van der Waals surface area contributed by atoms with Crippen LogP contribution in [0, 0.1) is 11.3 Å². The van der Waals surface area contributed by atoms with Crippen molar-refractivity contribution in [2.45, 2.75) is 20.3 Å². The fraction of sp³-hybridized carbons (Fsp3) is 0.714. The molecule has 0 fully saturated rings. The van der Waals surface area contributed by atoms with E-state index in [1.165, 1.54) is 17.3 Å². The topological polar surface area (TPSA) is 36.2 Å². The number of hydrogen-bond acceptors (Lipinski definition) is 3. The summed E-state index contributed by atoms with van der Waals surface area (Å²) in [7, 11) is 1.77. The van der Waals surface area contributed by atoms with Crippen LogP contribution in [0.2, 0.25) is 0 Å². The van der Waals surface area contributed by atoms with Crippen LogP contribution in [-0.2, 0) is 0 Å². The van der Waals surface area contributed by atoms with Gasteiger partial charge in [-0.15, -0.1) is 0 Å². The van der Waals surface area contributed by atoms with Crippen LogP contribution in [-0.4, -0.2) is 17.6 Å². The SMILES string of the molecule is CN=C(CC(C)C)SC=N. The normalized spacial score (nSPS) is 12.2. The number of nitrogens with zero attached hydrogens (tertiary/aromatic N) is 1. The lowest BCUT2D eigenvalue weighted by Gasteiger charge is -2.03. The van der Waals surface area contributed by atoms with Crippen molar-refractivity contribution in [3.63, 3.8) is 0 Å². The molecular formula is C7H14N2S. The first-order valence-electron chi connectivity index (χ1n) is 3.32. The first-order valence-corrected chi connectivity index (χ1v) is 4.20. The van der Waals surface area contributed by atoms with Crippen LogP contribution >= 0.6 is 11.8 Å². The van der Waals surface area contributed by atoms with Crippen LogP contribution < -0.4 is 0 Å². The second-order valence-electron chi connectivity index (χ2n) is 2.45. The zero-order chi connectivity index (χ0) is 7.98. The molecular weight excluding hydrogens is 144 g/mol. The molecule has 2 nitrogen and oxygen atoms in total. The van der Waals surface area contributed by atoms with E-state index in [0.717, 1.165) is 11.5 Å². The van der Waals surface area contributed by atoms with E-state index in [1.807, 2.05) is 0 Å². The van der Waals surface area contributed by atoms with Crippen LogP contribution in [0.15, 0.2) is 4.99 Å². The molecule has 58 valence electrons. The van der Waals surface area contributed by atoms with Gasteiger partial charge in [0.2, 0.25) is 0 Å². The van der Waals surface area contributed by atoms with E-state index in [2.05, 4.69) is 18.8 Å². The third kappa shape index (κ3) is 4.56. The third-order valence-corrected chi connectivity index (χ3v) is 1.77. The van der Waals surface area contributed by atoms with Gasteiger partial charge >= 0.3 is 0 Å². The van der Waals surface area contributed by atoms with Gasteiger partial charge in [-0.25, -0.2) is 0 Å². The van der Waals surface area contributed by atoms with Crippen molar-refractivity contribution >= 4 is 22.4 Å². The van der Waals surface area contributed by atoms with Gasteiger partial charge in [-0.05, 0) is 12.3 Å². The molecule has 0 amide bonds. The molecule has 0 aromatic heterocycles. The third-order valence-electron chi connectivity index (χ3n) is 1.03. The van der Waals surface area contributed by atoms with E-state index in [-0.39, 0.29) is 0 Å². The summed E-state index contributed by atoms with van der Waals surface area (Å²) >= 11 is 1.40. The maximum Gasteiger partial charge on any atom is 0.0731 e. The largest absolute Gasteiger partial charge is 0.301 e. The Bertz CT molecular complexity index is 130. The lowest BCUT2D eigenvalue weighted by atomic mass is 10.1. The molecule has 0 aliphatic carbocycles. The Morgan fingerprint density at radius 2 is 2.30 bits per heavy atom. The minimum Gasteiger partial charge on any atom is -0.301 e. The number of aliphatic imine (C=N–C) groups is 1. The molecule has 0 spiro atoms. The van der Waals surface area contributed by atoms with Crippen LogP contribution in [0.25, 0.3) is 0 Å². The number of nitrogens with one attached hydrogen (secondary N) is 1. The first-order chi connectivity index (χ1) is 4.70. The smallest absolute Gasteiger partial charge is 0.0731 e. The molecule has 0 atom stereocenters. The molecule has 0 unspecified atom stereocenters. The van der Waals surface area contributed by atoms with Crippen molar-refractivity contribution in [3.8, 4) is 0 Å². The summed E-state index contributed by atoms with van der Waals surface area (Å²) in [5.41, 5.74) is 1.32. The lowest BCUT2D eigenvalue weighted by Crippen LogP contribution is -1.97. The highest BCUT2D eigenvalue weighted by Crippen LogP contribution is 2.09. The minimum absolute atomic E-state index is 0.631. The molecule has 0 rings (SSSR count). The molecule has 0 heterocycles. The van der Waals surface area contributed by atoms with Crippen molar-refractivity contribution < 1.29 is 0 Å². The Hall–Kier alpha value is -0.310. The Labute approximate surface area is 66.6 Å². The molecule has 3 heteroatoms. The molecule has 1 N–H and O–H groups in total. The molecule has 0 saturated heterocycles. The van der Waals surface area contributed by atoms with E-state index < -0.39 is 0 Å². The Morgan fingerprint density at radius 1 is 1.70 bits per heavy atom. The summed E-state index contributed by atoms with van der Waals surface area (Å²) < 4.78 is 0. The van der Waals surface area contributed by atoms with Gasteiger partial charge in [0.05, 0.1) is 10.6 Å². The van der Waals surface area contributed by atoms with Gasteiger partial charge in [-0.2, -0.15) is 0 Å². The van der Waals surface area contributed by atoms with Gasteiger partial charge in [0.25, 0.3) is 0 Å². The summed E-state index contributed by atoms with van der Waals surface area (Å²) in [6.45, 7) is 4.30. The Morgan fingerprint density at radius 3 is 2.60 bits per heavy atom. The number of rotatable bonds is 3. The summed E-state index contributed by atoms with van der Waals surface area (Å²) in [6, 6.07) is 0. The van der Waals surface area contributed by atoms with Crippen LogP contribution in [0.5, 0.6) is 0 Å². The highest BCUT2D eigenvalue weighted by Gasteiger charge is 2.00. The molecule has 0 aliphatic rings. The van der Waals surface area contributed by atoms with Gasteiger partial charge < -0.3 is 5.41 Å². The molecule has 10 heavy (non-hydrogen) atoms. The molecule has 0 bridgehead atoms. The second kappa shape index (κ2) is 5.47. The zero-order valence-corrected chi connectivity index (χ0v) is 7.53. The molecule has 0 radical (unpaired) electrons. The highest BCUT2D eigenvalue weighted by atomic mass is 32.2. The summed E-state index contributed by atoms with van der Waals surface area (Å²) in [4.78, 5) is 4.05. The van der Waals surface area contributed by atoms with Crippen LogP contribution in [0.4, 0.5) is 0 Å². The van der Waals surface area contributed by atoms with E-state index >= 15 is 0 Å². The fourth-order valence-corrected chi connectivity index (χ4v) is 1.28.